The third-order valence-corrected chi connectivity index (χ3v) is 7.70. The molecule has 2 fully saturated rings. The van der Waals surface area contributed by atoms with Gasteiger partial charge in [0.2, 0.25) is 11.8 Å². The Kier molecular flexibility index (Phi) is 6.05. The Morgan fingerprint density at radius 2 is 1.77 bits per heavy atom. The van der Waals surface area contributed by atoms with Crippen molar-refractivity contribution in [2.24, 2.45) is 5.92 Å². The molecule has 31 heavy (non-hydrogen) atoms. The van der Waals surface area contributed by atoms with Crippen LogP contribution in [0.15, 0.2) is 30.3 Å². The number of carbonyl (C=O) groups excluding carboxylic acids is 2. The summed E-state index contributed by atoms with van der Waals surface area (Å²) in [5.41, 5.74) is 2.30. The number of hydrogen-bond acceptors (Lipinski definition) is 5. The highest BCUT2D eigenvalue weighted by Crippen LogP contribution is 2.33. The highest BCUT2D eigenvalue weighted by molar-refractivity contribution is 7.15. The number of hydrogen-bond donors (Lipinski definition) is 0. The molecule has 164 valence electrons. The van der Waals surface area contributed by atoms with Gasteiger partial charge in [0.15, 0.2) is 5.13 Å². The molecule has 0 radical (unpaired) electrons. The van der Waals surface area contributed by atoms with E-state index in [1.807, 2.05) is 28.0 Å². The lowest BCUT2D eigenvalue weighted by Crippen LogP contribution is -2.52. The maximum absolute atomic E-state index is 13.4. The van der Waals surface area contributed by atoms with Crippen molar-refractivity contribution in [3.8, 4) is 0 Å². The van der Waals surface area contributed by atoms with Gasteiger partial charge < -0.3 is 4.90 Å². The predicted octanol–water partition coefficient (Wildman–Crippen LogP) is 3.11. The number of benzene rings is 1. The molecule has 0 unspecified atom stereocenters. The number of nitrogens with zero attached hydrogens (tertiary/aromatic N) is 4. The van der Waals surface area contributed by atoms with Gasteiger partial charge in [0.1, 0.15) is 0 Å². The summed E-state index contributed by atoms with van der Waals surface area (Å²) in [7, 11) is 0. The molecule has 1 saturated carbocycles. The minimum atomic E-state index is 0.0944. The Bertz CT molecular complexity index is 909. The van der Waals surface area contributed by atoms with Gasteiger partial charge in [-0.15, -0.1) is 11.3 Å². The summed E-state index contributed by atoms with van der Waals surface area (Å²) in [6.45, 7) is 3.91. The summed E-state index contributed by atoms with van der Waals surface area (Å²) < 4.78 is 0. The normalized spacial score (nSPS) is 19.2. The van der Waals surface area contributed by atoms with Crippen LogP contribution in [0.1, 0.15) is 41.8 Å². The zero-order valence-electron chi connectivity index (χ0n) is 18.0. The van der Waals surface area contributed by atoms with Crippen LogP contribution in [0.25, 0.3) is 0 Å². The molecule has 5 rings (SSSR count). The largest absolute Gasteiger partial charge is 0.340 e. The molecule has 2 heterocycles. The van der Waals surface area contributed by atoms with E-state index in [0.29, 0.717) is 19.0 Å². The number of fused-ring (bicyclic) bond motifs is 1. The third-order valence-electron chi connectivity index (χ3n) is 6.52. The first-order valence-corrected chi connectivity index (χ1v) is 12.3. The van der Waals surface area contributed by atoms with Gasteiger partial charge in [0.05, 0.1) is 18.8 Å². The minimum absolute atomic E-state index is 0.0944. The topological polar surface area (TPSA) is 56.8 Å². The van der Waals surface area contributed by atoms with E-state index in [4.69, 9.17) is 4.98 Å². The van der Waals surface area contributed by atoms with E-state index in [2.05, 4.69) is 17.0 Å². The molecule has 2 aromatic rings. The van der Waals surface area contributed by atoms with Crippen molar-refractivity contribution in [2.75, 3.05) is 37.6 Å². The second kappa shape index (κ2) is 9.09. The van der Waals surface area contributed by atoms with E-state index in [1.165, 1.54) is 23.4 Å². The van der Waals surface area contributed by atoms with Gasteiger partial charge in [0, 0.05) is 37.0 Å². The van der Waals surface area contributed by atoms with Crippen molar-refractivity contribution >= 4 is 28.3 Å². The predicted molar refractivity (Wildman–Crippen MR) is 122 cm³/mol. The van der Waals surface area contributed by atoms with Crippen molar-refractivity contribution in [1.82, 2.24) is 14.8 Å². The van der Waals surface area contributed by atoms with E-state index >= 15 is 0 Å². The number of aryl methyl sites for hydroxylation is 2. The smallest absolute Gasteiger partial charge is 0.243 e. The van der Waals surface area contributed by atoms with Crippen LogP contribution in [-0.4, -0.2) is 59.3 Å². The number of piperazine rings is 1. The van der Waals surface area contributed by atoms with Gasteiger partial charge in [-0.3, -0.25) is 19.4 Å². The first kappa shape index (κ1) is 20.6. The van der Waals surface area contributed by atoms with E-state index in [1.54, 1.807) is 11.3 Å². The number of anilines is 1. The van der Waals surface area contributed by atoms with Crippen LogP contribution in [-0.2, 0) is 29.0 Å². The average molecular weight is 439 g/mol. The maximum Gasteiger partial charge on any atom is 0.243 e. The Balaban J connectivity index is 1.27. The first-order valence-electron chi connectivity index (χ1n) is 11.5. The molecule has 2 amide bonds. The third kappa shape index (κ3) is 4.83. The van der Waals surface area contributed by atoms with Gasteiger partial charge in [-0.25, -0.2) is 4.98 Å². The molecule has 1 aromatic heterocycles. The first-order chi connectivity index (χ1) is 15.2. The van der Waals surface area contributed by atoms with Crippen LogP contribution in [0, 0.1) is 5.92 Å². The molecule has 0 N–H and O–H groups in total. The summed E-state index contributed by atoms with van der Waals surface area (Å²) >= 11 is 1.69. The molecule has 0 atom stereocenters. The molecule has 1 saturated heterocycles. The van der Waals surface area contributed by atoms with Crippen LogP contribution in [0.2, 0.25) is 0 Å². The van der Waals surface area contributed by atoms with E-state index in [-0.39, 0.29) is 11.8 Å². The van der Waals surface area contributed by atoms with Gasteiger partial charge in [-0.1, -0.05) is 30.3 Å². The van der Waals surface area contributed by atoms with Crippen molar-refractivity contribution in [3.05, 3.63) is 46.5 Å². The molecule has 0 spiro atoms. The van der Waals surface area contributed by atoms with Gasteiger partial charge in [0.25, 0.3) is 0 Å². The second-order valence-corrected chi connectivity index (χ2v) is 9.98. The van der Waals surface area contributed by atoms with Crippen LogP contribution < -0.4 is 4.90 Å². The van der Waals surface area contributed by atoms with Gasteiger partial charge in [-0.2, -0.15) is 0 Å². The zero-order valence-corrected chi connectivity index (χ0v) is 18.8. The summed E-state index contributed by atoms with van der Waals surface area (Å²) in [4.78, 5) is 38.0. The van der Waals surface area contributed by atoms with Crippen LogP contribution in [0.3, 0.4) is 0 Å². The van der Waals surface area contributed by atoms with Gasteiger partial charge >= 0.3 is 0 Å². The fourth-order valence-electron chi connectivity index (χ4n) is 4.47. The number of thiazole rings is 1. The monoisotopic (exact) mass is 438 g/mol. The van der Waals surface area contributed by atoms with Crippen molar-refractivity contribution < 1.29 is 9.59 Å². The van der Waals surface area contributed by atoms with E-state index in [9.17, 15) is 9.59 Å². The summed E-state index contributed by atoms with van der Waals surface area (Å²) in [6.07, 6.45) is 6.60. The Hall–Kier alpha value is -2.25. The number of carbonyl (C=O) groups is 2. The number of amides is 2. The number of rotatable bonds is 6. The molecule has 6 nitrogen and oxygen atoms in total. The van der Waals surface area contributed by atoms with Gasteiger partial charge in [-0.05, 0) is 44.1 Å². The zero-order chi connectivity index (χ0) is 21.2. The summed E-state index contributed by atoms with van der Waals surface area (Å²) in [5.74, 6) is 0.674. The Morgan fingerprint density at radius 1 is 1.03 bits per heavy atom. The lowest BCUT2D eigenvalue weighted by atomic mass is 10.0. The van der Waals surface area contributed by atoms with Crippen LogP contribution in [0.4, 0.5) is 5.13 Å². The molecular formula is C24H30N4O2S. The maximum atomic E-state index is 13.4. The Morgan fingerprint density at radius 3 is 2.48 bits per heavy atom. The molecule has 1 aliphatic heterocycles. The lowest BCUT2D eigenvalue weighted by Gasteiger charge is -2.35. The average Bonchev–Trinajstić information content (AvgIpc) is 3.56. The molecule has 2 aliphatic carbocycles. The van der Waals surface area contributed by atoms with Crippen molar-refractivity contribution in [3.63, 3.8) is 0 Å². The summed E-state index contributed by atoms with van der Waals surface area (Å²) in [5, 5.41) is 0.836. The van der Waals surface area contributed by atoms with Crippen molar-refractivity contribution in [2.45, 2.75) is 45.1 Å². The molecule has 3 aliphatic rings. The molecule has 1 aromatic carbocycles. The highest BCUT2D eigenvalue weighted by Gasteiger charge is 2.35. The summed E-state index contributed by atoms with van der Waals surface area (Å²) in [6, 6.07) is 10.2. The van der Waals surface area contributed by atoms with E-state index in [0.717, 1.165) is 62.6 Å². The molecular weight excluding hydrogens is 408 g/mol. The fraction of sp³-hybridized carbons (Fsp3) is 0.542. The van der Waals surface area contributed by atoms with Crippen LogP contribution >= 0.6 is 11.3 Å². The quantitative estimate of drug-likeness (QED) is 0.695. The molecule has 0 bridgehead atoms. The molecule has 7 heteroatoms. The lowest BCUT2D eigenvalue weighted by molar-refractivity contribution is -0.134. The van der Waals surface area contributed by atoms with Crippen molar-refractivity contribution in [1.29, 1.82) is 0 Å². The van der Waals surface area contributed by atoms with Crippen LogP contribution in [0.5, 0.6) is 0 Å². The Labute approximate surface area is 187 Å². The minimum Gasteiger partial charge on any atom is -0.340 e. The standard InChI is InChI=1S/C24H30N4O2S/c29-22(17-26-12-14-27(15-13-26)23(30)19-10-11-19)28(16-18-6-2-1-3-7-18)24-25-20-8-4-5-9-21(20)31-24/h1-3,6-7,19H,4-5,8-17H2. The second-order valence-electron chi connectivity index (χ2n) is 8.91. The fourth-order valence-corrected chi connectivity index (χ4v) is 5.64. The van der Waals surface area contributed by atoms with E-state index < -0.39 is 0 Å². The number of aromatic nitrogens is 1. The highest BCUT2D eigenvalue weighted by atomic mass is 32.1. The SMILES string of the molecule is O=C(C1CC1)N1CCN(CC(=O)N(Cc2ccccc2)c2nc3c(s2)CCCC3)CC1.